The van der Waals surface area contributed by atoms with Crippen LogP contribution in [0.15, 0.2) is 45.6 Å². The monoisotopic (exact) mass is 368 g/mol. The van der Waals surface area contributed by atoms with E-state index >= 15 is 0 Å². The molecule has 0 saturated heterocycles. The Labute approximate surface area is 122 Å². The summed E-state index contributed by atoms with van der Waals surface area (Å²) in [5.74, 6) is -0.150. The maximum atomic E-state index is 12.0. The molecule has 0 spiro atoms. The Kier molecular flexibility index (Phi) is 4.14. The molecule has 0 unspecified atom stereocenters. The second-order valence-corrected chi connectivity index (χ2v) is 5.57. The van der Waals surface area contributed by atoms with Gasteiger partial charge in [0.15, 0.2) is 0 Å². The number of carbonyl (C=O) groups excluding carboxylic acids is 1. The normalized spacial score (nSPS) is 10.2. The number of benzene rings is 1. The molecule has 0 fully saturated rings. The fraction of sp³-hybridized carbons (Fsp3) is 0.0769. The van der Waals surface area contributed by atoms with Gasteiger partial charge in [-0.1, -0.05) is 15.9 Å². The summed E-state index contributed by atoms with van der Waals surface area (Å²) in [6, 6.07) is 9.15. The molecule has 5 heteroatoms. The van der Waals surface area contributed by atoms with Crippen molar-refractivity contribution in [3.8, 4) is 0 Å². The van der Waals surface area contributed by atoms with Crippen LogP contribution in [0.1, 0.15) is 15.9 Å². The van der Waals surface area contributed by atoms with E-state index in [0.29, 0.717) is 11.3 Å². The average molecular weight is 370 g/mol. The largest absolute Gasteiger partial charge is 0.321 e. The topological polar surface area (TPSA) is 42.0 Å². The van der Waals surface area contributed by atoms with Gasteiger partial charge in [0.2, 0.25) is 0 Å². The fourth-order valence-corrected chi connectivity index (χ4v) is 2.36. The molecular weight excluding hydrogens is 360 g/mol. The Morgan fingerprint density at radius 2 is 2.00 bits per heavy atom. The summed E-state index contributed by atoms with van der Waals surface area (Å²) in [6.45, 7) is 1.95. The zero-order valence-corrected chi connectivity index (χ0v) is 12.7. The van der Waals surface area contributed by atoms with Gasteiger partial charge in [-0.05, 0) is 58.7 Å². The van der Waals surface area contributed by atoms with Gasteiger partial charge in [-0.3, -0.25) is 4.79 Å². The minimum absolute atomic E-state index is 0.150. The Morgan fingerprint density at radius 3 is 2.61 bits per heavy atom. The lowest BCUT2D eigenvalue weighted by molar-refractivity contribution is 0.102. The minimum Gasteiger partial charge on any atom is -0.321 e. The van der Waals surface area contributed by atoms with Gasteiger partial charge in [-0.2, -0.15) is 0 Å². The van der Waals surface area contributed by atoms with Gasteiger partial charge in [0, 0.05) is 10.0 Å². The van der Waals surface area contributed by atoms with Crippen LogP contribution in [0, 0.1) is 6.92 Å². The van der Waals surface area contributed by atoms with Crippen molar-refractivity contribution >= 4 is 43.5 Å². The number of hydrogen-bond donors (Lipinski definition) is 1. The number of aromatic nitrogens is 1. The lowest BCUT2D eigenvalue weighted by Gasteiger charge is -2.06. The van der Waals surface area contributed by atoms with Gasteiger partial charge in [-0.25, -0.2) is 4.98 Å². The molecule has 3 nitrogen and oxygen atoms in total. The SMILES string of the molecule is Cc1cc(Br)cc(C(=O)Nc2ccc(Br)nc2)c1. The van der Waals surface area contributed by atoms with Gasteiger partial charge in [-0.15, -0.1) is 0 Å². The number of rotatable bonds is 2. The minimum atomic E-state index is -0.150. The smallest absolute Gasteiger partial charge is 0.255 e. The molecule has 0 bridgehead atoms. The van der Waals surface area contributed by atoms with Crippen molar-refractivity contribution in [2.75, 3.05) is 5.32 Å². The van der Waals surface area contributed by atoms with Gasteiger partial charge >= 0.3 is 0 Å². The Balaban J connectivity index is 2.19. The van der Waals surface area contributed by atoms with E-state index in [1.54, 1.807) is 24.4 Å². The number of nitrogens with one attached hydrogen (secondary N) is 1. The maximum absolute atomic E-state index is 12.0. The quantitative estimate of drug-likeness (QED) is 0.807. The average Bonchev–Trinajstić information content (AvgIpc) is 2.31. The van der Waals surface area contributed by atoms with Crippen LogP contribution < -0.4 is 5.32 Å². The number of hydrogen-bond acceptors (Lipinski definition) is 2. The summed E-state index contributed by atoms with van der Waals surface area (Å²) in [7, 11) is 0. The van der Waals surface area contributed by atoms with Gasteiger partial charge in [0.25, 0.3) is 5.91 Å². The lowest BCUT2D eigenvalue weighted by Crippen LogP contribution is -2.12. The van der Waals surface area contributed by atoms with E-state index in [-0.39, 0.29) is 5.91 Å². The molecule has 0 saturated carbocycles. The number of amides is 1. The summed E-state index contributed by atoms with van der Waals surface area (Å²) >= 11 is 6.62. The number of anilines is 1. The molecule has 0 atom stereocenters. The van der Waals surface area contributed by atoms with Crippen LogP contribution in [-0.4, -0.2) is 10.9 Å². The van der Waals surface area contributed by atoms with Gasteiger partial charge in [0.1, 0.15) is 4.60 Å². The van der Waals surface area contributed by atoms with Crippen molar-refractivity contribution in [1.82, 2.24) is 4.98 Å². The van der Waals surface area contributed by atoms with Crippen LogP contribution in [0.25, 0.3) is 0 Å². The third-order valence-electron chi connectivity index (χ3n) is 2.29. The van der Waals surface area contributed by atoms with E-state index in [0.717, 1.165) is 14.6 Å². The number of carbonyl (C=O) groups is 1. The van der Waals surface area contributed by atoms with Gasteiger partial charge < -0.3 is 5.32 Å². The molecule has 1 heterocycles. The number of aryl methyl sites for hydroxylation is 1. The first-order valence-electron chi connectivity index (χ1n) is 5.25. The van der Waals surface area contributed by atoms with Gasteiger partial charge in [0.05, 0.1) is 11.9 Å². The van der Waals surface area contributed by atoms with E-state index in [4.69, 9.17) is 0 Å². The molecule has 1 N–H and O–H groups in total. The number of halogens is 2. The van der Waals surface area contributed by atoms with E-state index in [1.165, 1.54) is 0 Å². The van der Waals surface area contributed by atoms with Crippen LogP contribution in [0.3, 0.4) is 0 Å². The molecular formula is C13H10Br2N2O. The van der Waals surface area contributed by atoms with Crippen LogP contribution in [-0.2, 0) is 0 Å². The molecule has 18 heavy (non-hydrogen) atoms. The van der Waals surface area contributed by atoms with E-state index in [9.17, 15) is 4.79 Å². The Bertz CT molecular complexity index is 562. The second-order valence-electron chi connectivity index (χ2n) is 3.84. The van der Waals surface area contributed by atoms with Crippen LogP contribution >= 0.6 is 31.9 Å². The first-order chi connectivity index (χ1) is 8.54. The van der Waals surface area contributed by atoms with Crippen molar-refractivity contribution < 1.29 is 4.79 Å². The highest BCUT2D eigenvalue weighted by molar-refractivity contribution is 9.10. The first-order valence-corrected chi connectivity index (χ1v) is 6.83. The maximum Gasteiger partial charge on any atom is 0.255 e. The van der Waals surface area contributed by atoms with Crippen molar-refractivity contribution in [1.29, 1.82) is 0 Å². The number of pyridine rings is 1. The molecule has 0 aliphatic rings. The van der Waals surface area contributed by atoms with Crippen LogP contribution in [0.5, 0.6) is 0 Å². The van der Waals surface area contributed by atoms with E-state index in [1.807, 2.05) is 19.1 Å². The van der Waals surface area contributed by atoms with Crippen molar-refractivity contribution in [3.05, 3.63) is 56.7 Å². The summed E-state index contributed by atoms with van der Waals surface area (Å²) in [5.41, 5.74) is 2.31. The van der Waals surface area contributed by atoms with Crippen molar-refractivity contribution in [2.24, 2.45) is 0 Å². The first kappa shape index (κ1) is 13.2. The Morgan fingerprint density at radius 1 is 1.22 bits per heavy atom. The molecule has 2 rings (SSSR count). The predicted molar refractivity (Wildman–Crippen MR) is 78.8 cm³/mol. The predicted octanol–water partition coefficient (Wildman–Crippen LogP) is 4.17. The molecule has 1 amide bonds. The number of nitrogens with zero attached hydrogens (tertiary/aromatic N) is 1. The highest BCUT2D eigenvalue weighted by atomic mass is 79.9. The fourth-order valence-electron chi connectivity index (χ4n) is 1.52. The summed E-state index contributed by atoms with van der Waals surface area (Å²) in [5, 5.41) is 2.80. The summed E-state index contributed by atoms with van der Waals surface area (Å²) in [4.78, 5) is 16.1. The van der Waals surface area contributed by atoms with Crippen molar-refractivity contribution in [2.45, 2.75) is 6.92 Å². The standard InChI is InChI=1S/C13H10Br2N2O/c1-8-4-9(6-10(14)5-8)13(18)17-11-2-3-12(15)16-7-11/h2-7H,1H3,(H,17,18). The van der Waals surface area contributed by atoms with E-state index in [2.05, 4.69) is 42.2 Å². The molecule has 0 aliphatic carbocycles. The lowest BCUT2D eigenvalue weighted by atomic mass is 10.1. The molecule has 2 aromatic rings. The van der Waals surface area contributed by atoms with Crippen molar-refractivity contribution in [3.63, 3.8) is 0 Å². The zero-order chi connectivity index (χ0) is 13.1. The summed E-state index contributed by atoms with van der Waals surface area (Å²) in [6.07, 6.45) is 1.60. The summed E-state index contributed by atoms with van der Waals surface area (Å²) < 4.78 is 1.63. The Hall–Kier alpha value is -1.20. The third-order valence-corrected chi connectivity index (χ3v) is 3.22. The second kappa shape index (κ2) is 5.63. The molecule has 0 aliphatic heterocycles. The highest BCUT2D eigenvalue weighted by Crippen LogP contribution is 2.17. The molecule has 1 aromatic heterocycles. The van der Waals surface area contributed by atoms with Crippen LogP contribution in [0.2, 0.25) is 0 Å². The zero-order valence-electron chi connectivity index (χ0n) is 9.58. The molecule has 1 aromatic carbocycles. The molecule has 92 valence electrons. The molecule has 0 radical (unpaired) electrons. The third kappa shape index (κ3) is 3.40. The van der Waals surface area contributed by atoms with E-state index < -0.39 is 0 Å². The van der Waals surface area contributed by atoms with Crippen LogP contribution in [0.4, 0.5) is 5.69 Å². The highest BCUT2D eigenvalue weighted by Gasteiger charge is 2.07.